The van der Waals surface area contributed by atoms with Gasteiger partial charge in [0.05, 0.1) is 18.5 Å². The number of esters is 1. The minimum absolute atomic E-state index is 0.173. The minimum atomic E-state index is -0.695. The predicted octanol–water partition coefficient (Wildman–Crippen LogP) is 5.78. The molecule has 0 aliphatic rings. The number of nitrogens with zero attached hydrogens (tertiary/aromatic N) is 3. The first kappa shape index (κ1) is 24.0. The summed E-state index contributed by atoms with van der Waals surface area (Å²) >= 11 is 0. The molecule has 0 saturated carbocycles. The van der Waals surface area contributed by atoms with Crippen molar-refractivity contribution in [3.8, 4) is 16.9 Å². The Morgan fingerprint density at radius 3 is 2.43 bits per heavy atom. The average Bonchev–Trinajstić information content (AvgIpc) is 3.65. The van der Waals surface area contributed by atoms with Crippen LogP contribution >= 0.6 is 0 Å². The maximum Gasteiger partial charge on any atom is 0.342 e. The van der Waals surface area contributed by atoms with Crippen molar-refractivity contribution in [1.82, 2.24) is 14.3 Å². The van der Waals surface area contributed by atoms with Crippen LogP contribution in [0.25, 0.3) is 16.9 Å². The highest BCUT2D eigenvalue weighted by Gasteiger charge is 2.23. The maximum atomic E-state index is 13.5. The summed E-state index contributed by atoms with van der Waals surface area (Å²) in [5, 5.41) is 4.55. The molecule has 5 rings (SSSR count). The second kappa shape index (κ2) is 10.1. The topological polar surface area (TPSA) is 79.3 Å². The van der Waals surface area contributed by atoms with Crippen molar-refractivity contribution in [2.45, 2.75) is 20.4 Å². The predicted molar refractivity (Wildman–Crippen MR) is 135 cm³/mol. The van der Waals surface area contributed by atoms with E-state index in [1.54, 1.807) is 35.3 Å². The summed E-state index contributed by atoms with van der Waals surface area (Å²) in [5.41, 5.74) is 3.94. The zero-order chi connectivity index (χ0) is 25.9. The highest BCUT2D eigenvalue weighted by atomic mass is 19.1. The van der Waals surface area contributed by atoms with Gasteiger partial charge < -0.3 is 13.7 Å². The van der Waals surface area contributed by atoms with E-state index < -0.39 is 18.4 Å². The Morgan fingerprint density at radius 2 is 1.73 bits per heavy atom. The van der Waals surface area contributed by atoms with Crippen molar-refractivity contribution < 1.29 is 23.1 Å². The summed E-state index contributed by atoms with van der Waals surface area (Å²) in [6.07, 6.45) is 3.16. The first-order valence-corrected chi connectivity index (χ1v) is 11.7. The van der Waals surface area contributed by atoms with Gasteiger partial charge in [0.15, 0.2) is 6.61 Å². The third-order valence-electron chi connectivity index (χ3n) is 6.18. The summed E-state index contributed by atoms with van der Waals surface area (Å²) < 4.78 is 27.9. The number of ether oxygens (including phenoxy) is 1. The van der Waals surface area contributed by atoms with Crippen LogP contribution in [0.15, 0.2) is 89.7 Å². The maximum absolute atomic E-state index is 13.5. The van der Waals surface area contributed by atoms with Crippen LogP contribution in [0.5, 0.6) is 0 Å². The third kappa shape index (κ3) is 4.99. The van der Waals surface area contributed by atoms with Gasteiger partial charge in [-0.25, -0.2) is 13.9 Å². The number of ketones is 1. The number of para-hydroxylation sites is 1. The van der Waals surface area contributed by atoms with Crippen LogP contribution in [0.2, 0.25) is 0 Å². The molecule has 5 aromatic rings. The molecule has 0 saturated heterocycles. The Bertz CT molecular complexity index is 1550. The van der Waals surface area contributed by atoms with Crippen molar-refractivity contribution in [2.24, 2.45) is 0 Å². The molecule has 0 aliphatic carbocycles. The molecule has 3 aromatic heterocycles. The molecular weight excluding hydrogens is 473 g/mol. The smallest absolute Gasteiger partial charge is 0.342 e. The number of rotatable bonds is 8. The first-order chi connectivity index (χ1) is 17.9. The highest BCUT2D eigenvalue weighted by Crippen LogP contribution is 2.25. The van der Waals surface area contributed by atoms with E-state index in [0.717, 1.165) is 22.8 Å². The molecule has 0 aliphatic heterocycles. The largest absolute Gasteiger partial charge is 0.467 e. The Kier molecular flexibility index (Phi) is 6.55. The SMILES string of the molecule is Cc1cc(C(=O)COC(=O)c2cn(-c3ccccc3)nc2-c2ccc(F)cc2)c(C)n1Cc1ccco1. The standard InChI is InChI=1S/C29H24FN3O4/c1-19-15-25(20(2)32(19)16-24-9-6-14-36-24)27(34)18-37-29(35)26-17-33(23-7-4-3-5-8-23)31-28(26)21-10-12-22(30)13-11-21/h3-15,17H,16,18H2,1-2H3. The summed E-state index contributed by atoms with van der Waals surface area (Å²) in [4.78, 5) is 26.1. The number of halogens is 1. The lowest BCUT2D eigenvalue weighted by Gasteiger charge is -2.08. The van der Waals surface area contributed by atoms with Gasteiger partial charge in [0, 0.05) is 28.7 Å². The van der Waals surface area contributed by atoms with Crippen molar-refractivity contribution in [1.29, 1.82) is 0 Å². The van der Waals surface area contributed by atoms with Gasteiger partial charge in [-0.1, -0.05) is 18.2 Å². The second-order valence-electron chi connectivity index (χ2n) is 8.63. The number of hydrogen-bond donors (Lipinski definition) is 0. The zero-order valence-corrected chi connectivity index (χ0v) is 20.3. The van der Waals surface area contributed by atoms with Crippen LogP contribution in [-0.4, -0.2) is 32.7 Å². The van der Waals surface area contributed by atoms with E-state index in [1.165, 1.54) is 12.1 Å². The monoisotopic (exact) mass is 497 g/mol. The van der Waals surface area contributed by atoms with Gasteiger partial charge in [-0.15, -0.1) is 0 Å². The number of aryl methyl sites for hydroxylation is 1. The molecule has 7 nitrogen and oxygen atoms in total. The van der Waals surface area contributed by atoms with E-state index in [-0.39, 0.29) is 11.3 Å². The lowest BCUT2D eigenvalue weighted by Crippen LogP contribution is -2.15. The Morgan fingerprint density at radius 1 is 0.973 bits per heavy atom. The molecular formula is C29H24FN3O4. The van der Waals surface area contributed by atoms with Gasteiger partial charge in [-0.3, -0.25) is 4.79 Å². The molecule has 2 aromatic carbocycles. The Hall–Kier alpha value is -4.72. The normalized spacial score (nSPS) is 11.0. The summed E-state index contributed by atoms with van der Waals surface area (Å²) in [6.45, 7) is 3.83. The fourth-order valence-electron chi connectivity index (χ4n) is 4.23. The van der Waals surface area contributed by atoms with E-state index in [9.17, 15) is 14.0 Å². The van der Waals surface area contributed by atoms with Gasteiger partial charge in [0.2, 0.25) is 5.78 Å². The van der Waals surface area contributed by atoms with E-state index >= 15 is 0 Å². The molecule has 186 valence electrons. The Balaban J connectivity index is 1.38. The van der Waals surface area contributed by atoms with Gasteiger partial charge in [0.25, 0.3) is 0 Å². The summed E-state index contributed by atoms with van der Waals surface area (Å²) in [6, 6.07) is 20.4. The lowest BCUT2D eigenvalue weighted by molar-refractivity contribution is 0.0475. The van der Waals surface area contributed by atoms with Crippen molar-refractivity contribution in [3.63, 3.8) is 0 Å². The number of carbonyl (C=O) groups excluding carboxylic acids is 2. The summed E-state index contributed by atoms with van der Waals surface area (Å²) in [5.74, 6) is -0.633. The van der Waals surface area contributed by atoms with E-state index in [0.29, 0.717) is 23.4 Å². The third-order valence-corrected chi connectivity index (χ3v) is 6.18. The van der Waals surface area contributed by atoms with E-state index in [2.05, 4.69) is 5.10 Å². The number of furan rings is 1. The molecule has 0 fully saturated rings. The molecule has 0 radical (unpaired) electrons. The molecule has 0 unspecified atom stereocenters. The number of Topliss-reactive ketones (excluding diaryl/α,β-unsaturated/α-hetero) is 1. The summed E-state index contributed by atoms with van der Waals surface area (Å²) in [7, 11) is 0. The van der Waals surface area contributed by atoms with Crippen LogP contribution in [0.3, 0.4) is 0 Å². The number of hydrogen-bond acceptors (Lipinski definition) is 5. The van der Waals surface area contributed by atoms with Gasteiger partial charge in [0.1, 0.15) is 22.8 Å². The molecule has 0 spiro atoms. The molecule has 3 heterocycles. The van der Waals surface area contributed by atoms with Crippen LogP contribution in [-0.2, 0) is 11.3 Å². The highest BCUT2D eigenvalue weighted by molar-refractivity contribution is 6.01. The van der Waals surface area contributed by atoms with Crippen LogP contribution in [0, 0.1) is 19.7 Å². The lowest BCUT2D eigenvalue weighted by atomic mass is 10.1. The zero-order valence-electron chi connectivity index (χ0n) is 20.3. The van der Waals surface area contributed by atoms with Gasteiger partial charge in [-0.05, 0) is 68.4 Å². The fraction of sp³-hybridized carbons (Fsp3) is 0.138. The molecule has 0 bridgehead atoms. The van der Waals surface area contributed by atoms with Crippen LogP contribution < -0.4 is 0 Å². The van der Waals surface area contributed by atoms with Crippen LogP contribution in [0.1, 0.15) is 37.9 Å². The van der Waals surface area contributed by atoms with Crippen LogP contribution in [0.4, 0.5) is 4.39 Å². The minimum Gasteiger partial charge on any atom is -0.467 e. The molecule has 0 atom stereocenters. The van der Waals surface area contributed by atoms with Crippen molar-refractivity contribution >= 4 is 11.8 Å². The number of carbonyl (C=O) groups is 2. The molecule has 0 amide bonds. The van der Waals surface area contributed by atoms with E-state index in [4.69, 9.17) is 9.15 Å². The molecule has 0 N–H and O–H groups in total. The Labute approximate surface area is 212 Å². The quantitative estimate of drug-likeness (QED) is 0.201. The van der Waals surface area contributed by atoms with Crippen molar-refractivity contribution in [2.75, 3.05) is 6.61 Å². The van der Waals surface area contributed by atoms with Crippen molar-refractivity contribution in [3.05, 3.63) is 119 Å². The number of aromatic nitrogens is 3. The number of benzene rings is 2. The van der Waals surface area contributed by atoms with Gasteiger partial charge >= 0.3 is 5.97 Å². The second-order valence-corrected chi connectivity index (χ2v) is 8.63. The first-order valence-electron chi connectivity index (χ1n) is 11.7. The molecule has 37 heavy (non-hydrogen) atoms. The van der Waals surface area contributed by atoms with E-state index in [1.807, 2.05) is 60.9 Å². The van der Waals surface area contributed by atoms with Gasteiger partial charge in [-0.2, -0.15) is 5.10 Å². The molecule has 8 heteroatoms. The fourth-order valence-corrected chi connectivity index (χ4v) is 4.23. The average molecular weight is 498 g/mol.